The maximum absolute atomic E-state index is 5.78. The van der Waals surface area contributed by atoms with Crippen molar-refractivity contribution in [3.63, 3.8) is 0 Å². The third-order valence-electron chi connectivity index (χ3n) is 3.31. The summed E-state index contributed by atoms with van der Waals surface area (Å²) in [7, 11) is 0. The van der Waals surface area contributed by atoms with Crippen molar-refractivity contribution in [3.8, 4) is 0 Å². The average molecular weight is 248 g/mol. The Morgan fingerprint density at radius 2 is 1.72 bits per heavy atom. The Kier molecular flexibility index (Phi) is 6.99. The first-order chi connectivity index (χ1) is 8.59. The molecular formula is C16H28N2. The van der Waals surface area contributed by atoms with Crippen LogP contribution >= 0.6 is 0 Å². The van der Waals surface area contributed by atoms with E-state index in [0.29, 0.717) is 12.1 Å². The Morgan fingerprint density at radius 1 is 1.06 bits per heavy atom. The summed E-state index contributed by atoms with van der Waals surface area (Å²) in [5, 5.41) is 0. The number of nitrogens with zero attached hydrogens (tertiary/aromatic N) is 1. The molecule has 1 unspecified atom stereocenters. The molecule has 2 N–H and O–H groups in total. The van der Waals surface area contributed by atoms with E-state index in [4.69, 9.17) is 5.73 Å². The maximum atomic E-state index is 5.78. The Bertz CT molecular complexity index is 306. The van der Waals surface area contributed by atoms with E-state index in [1.54, 1.807) is 0 Å². The van der Waals surface area contributed by atoms with Gasteiger partial charge in [-0.05, 0) is 45.7 Å². The number of hydrogen-bond donors (Lipinski definition) is 1. The van der Waals surface area contributed by atoms with Gasteiger partial charge < -0.3 is 5.73 Å². The third-order valence-corrected chi connectivity index (χ3v) is 3.31. The van der Waals surface area contributed by atoms with E-state index in [2.05, 4.69) is 56.0 Å². The van der Waals surface area contributed by atoms with E-state index < -0.39 is 0 Å². The highest BCUT2D eigenvalue weighted by molar-refractivity contribution is 5.14. The molecule has 102 valence electrons. The van der Waals surface area contributed by atoms with E-state index in [0.717, 1.165) is 13.0 Å². The minimum absolute atomic E-state index is 0.339. The van der Waals surface area contributed by atoms with E-state index in [1.165, 1.54) is 24.9 Å². The summed E-state index contributed by atoms with van der Waals surface area (Å²) < 4.78 is 0. The van der Waals surface area contributed by atoms with Crippen molar-refractivity contribution in [2.75, 3.05) is 6.54 Å². The average Bonchev–Trinajstić information content (AvgIpc) is 2.33. The largest absolute Gasteiger partial charge is 0.328 e. The molecule has 1 aromatic carbocycles. The van der Waals surface area contributed by atoms with Gasteiger partial charge in [0.2, 0.25) is 0 Å². The van der Waals surface area contributed by atoms with Gasteiger partial charge in [0.05, 0.1) is 0 Å². The summed E-state index contributed by atoms with van der Waals surface area (Å²) in [6.45, 7) is 8.85. The van der Waals surface area contributed by atoms with E-state index in [9.17, 15) is 0 Å². The predicted molar refractivity (Wildman–Crippen MR) is 79.5 cm³/mol. The lowest BCUT2D eigenvalue weighted by molar-refractivity contribution is 0.207. The molecule has 1 rings (SSSR count). The molecule has 1 aromatic rings. The first-order valence-electron chi connectivity index (χ1n) is 7.13. The monoisotopic (exact) mass is 248 g/mol. The molecule has 0 aliphatic heterocycles. The van der Waals surface area contributed by atoms with Crippen LogP contribution in [0.25, 0.3) is 0 Å². The van der Waals surface area contributed by atoms with Crippen LogP contribution in [0.2, 0.25) is 0 Å². The highest BCUT2D eigenvalue weighted by Crippen LogP contribution is 2.10. The zero-order valence-electron chi connectivity index (χ0n) is 12.1. The van der Waals surface area contributed by atoms with Crippen molar-refractivity contribution in [2.45, 2.75) is 58.7 Å². The number of hydrogen-bond acceptors (Lipinski definition) is 2. The van der Waals surface area contributed by atoms with Gasteiger partial charge in [-0.25, -0.2) is 0 Å². The van der Waals surface area contributed by atoms with Crippen LogP contribution in [0.5, 0.6) is 0 Å². The number of rotatable bonds is 8. The molecule has 18 heavy (non-hydrogen) atoms. The zero-order valence-corrected chi connectivity index (χ0v) is 12.1. The van der Waals surface area contributed by atoms with Crippen LogP contribution < -0.4 is 5.73 Å². The molecule has 0 saturated heterocycles. The van der Waals surface area contributed by atoms with E-state index in [1.807, 2.05) is 0 Å². The topological polar surface area (TPSA) is 29.3 Å². The van der Waals surface area contributed by atoms with Crippen molar-refractivity contribution in [3.05, 3.63) is 35.9 Å². The molecule has 0 aliphatic rings. The number of benzene rings is 1. The molecule has 0 saturated carbocycles. The molecule has 0 heterocycles. The first kappa shape index (κ1) is 15.2. The molecule has 0 aliphatic carbocycles. The van der Waals surface area contributed by atoms with Gasteiger partial charge >= 0.3 is 0 Å². The van der Waals surface area contributed by atoms with Gasteiger partial charge in [0.15, 0.2) is 0 Å². The van der Waals surface area contributed by atoms with Gasteiger partial charge in [-0.3, -0.25) is 4.90 Å². The second-order valence-corrected chi connectivity index (χ2v) is 5.52. The normalized spacial score (nSPS) is 13.2. The van der Waals surface area contributed by atoms with Gasteiger partial charge in [0.1, 0.15) is 0 Å². The van der Waals surface area contributed by atoms with Crippen LogP contribution in [0, 0.1) is 0 Å². The van der Waals surface area contributed by atoms with Gasteiger partial charge in [-0.1, -0.05) is 36.8 Å². The molecule has 0 radical (unpaired) electrons. The smallest absolute Gasteiger partial charge is 0.0236 e. The second kappa shape index (κ2) is 8.28. The van der Waals surface area contributed by atoms with Gasteiger partial charge in [0, 0.05) is 18.6 Å². The van der Waals surface area contributed by atoms with Crippen LogP contribution in [0.4, 0.5) is 0 Å². The van der Waals surface area contributed by atoms with Crippen LogP contribution in [0.3, 0.4) is 0 Å². The predicted octanol–water partition coefficient (Wildman–Crippen LogP) is 3.41. The number of unbranched alkanes of at least 4 members (excludes halogenated alkanes) is 1. The Morgan fingerprint density at radius 3 is 2.28 bits per heavy atom. The summed E-state index contributed by atoms with van der Waals surface area (Å²) in [4.78, 5) is 2.54. The Balaban J connectivity index is 2.36. The van der Waals surface area contributed by atoms with Crippen LogP contribution in [-0.4, -0.2) is 23.5 Å². The lowest BCUT2D eigenvalue weighted by Crippen LogP contribution is -2.31. The fourth-order valence-corrected chi connectivity index (χ4v) is 2.12. The van der Waals surface area contributed by atoms with Crippen molar-refractivity contribution in [2.24, 2.45) is 5.73 Å². The summed E-state index contributed by atoms with van der Waals surface area (Å²) in [6, 6.07) is 11.7. The third kappa shape index (κ3) is 6.18. The molecule has 0 aromatic heterocycles. The molecule has 0 fully saturated rings. The number of nitrogens with two attached hydrogens (primary N) is 1. The van der Waals surface area contributed by atoms with E-state index in [-0.39, 0.29) is 0 Å². The molecule has 1 atom stereocenters. The van der Waals surface area contributed by atoms with Gasteiger partial charge in [-0.2, -0.15) is 0 Å². The standard InChI is InChI=1S/C16H28N2/c1-14(2)18(12-8-7-9-15(3)17)13-16-10-5-4-6-11-16/h4-6,10-11,14-15H,7-9,12-13,17H2,1-3H3. The van der Waals surface area contributed by atoms with Crippen LogP contribution in [0.1, 0.15) is 45.6 Å². The SMILES string of the molecule is CC(N)CCCCN(Cc1ccccc1)C(C)C. The molecule has 2 heteroatoms. The molecular weight excluding hydrogens is 220 g/mol. The van der Waals surface area contributed by atoms with Crippen molar-refractivity contribution in [1.29, 1.82) is 0 Å². The van der Waals surface area contributed by atoms with Crippen molar-refractivity contribution >= 4 is 0 Å². The first-order valence-corrected chi connectivity index (χ1v) is 7.13. The van der Waals surface area contributed by atoms with E-state index >= 15 is 0 Å². The Hall–Kier alpha value is -0.860. The quantitative estimate of drug-likeness (QED) is 0.714. The van der Waals surface area contributed by atoms with Gasteiger partial charge in [0.25, 0.3) is 0 Å². The van der Waals surface area contributed by atoms with Crippen molar-refractivity contribution in [1.82, 2.24) is 4.90 Å². The lowest BCUT2D eigenvalue weighted by atomic mass is 10.1. The molecule has 0 bridgehead atoms. The zero-order chi connectivity index (χ0) is 13.4. The van der Waals surface area contributed by atoms with Crippen molar-refractivity contribution < 1.29 is 0 Å². The lowest BCUT2D eigenvalue weighted by Gasteiger charge is -2.26. The fourth-order valence-electron chi connectivity index (χ4n) is 2.12. The molecule has 2 nitrogen and oxygen atoms in total. The minimum Gasteiger partial charge on any atom is -0.328 e. The highest BCUT2D eigenvalue weighted by atomic mass is 15.1. The molecule has 0 amide bonds. The Labute approximate surface area is 112 Å². The summed E-state index contributed by atoms with van der Waals surface area (Å²) in [5.41, 5.74) is 7.18. The summed E-state index contributed by atoms with van der Waals surface area (Å²) in [5.74, 6) is 0. The highest BCUT2D eigenvalue weighted by Gasteiger charge is 2.09. The summed E-state index contributed by atoms with van der Waals surface area (Å²) in [6.07, 6.45) is 3.61. The minimum atomic E-state index is 0.339. The van der Waals surface area contributed by atoms with Crippen LogP contribution in [-0.2, 0) is 6.54 Å². The van der Waals surface area contributed by atoms with Gasteiger partial charge in [-0.15, -0.1) is 0 Å². The molecule has 0 spiro atoms. The fraction of sp³-hybridized carbons (Fsp3) is 0.625. The van der Waals surface area contributed by atoms with Crippen LogP contribution in [0.15, 0.2) is 30.3 Å². The summed E-state index contributed by atoms with van der Waals surface area (Å²) >= 11 is 0. The second-order valence-electron chi connectivity index (χ2n) is 5.52. The maximum Gasteiger partial charge on any atom is 0.0236 e.